The Morgan fingerprint density at radius 2 is 1.89 bits per heavy atom. The second-order valence-corrected chi connectivity index (χ2v) is 2.08. The predicted molar refractivity (Wildman–Crippen MR) is 38.2 cm³/mol. The molecule has 1 N–H and O–H groups in total. The second kappa shape index (κ2) is 3.56. The van der Waals surface area contributed by atoms with E-state index in [1.807, 2.05) is 13.8 Å². The third-order valence-electron chi connectivity index (χ3n) is 1.81. The van der Waals surface area contributed by atoms with Gasteiger partial charge in [-0.25, -0.2) is 0 Å². The second-order valence-electron chi connectivity index (χ2n) is 2.08. The van der Waals surface area contributed by atoms with E-state index in [0.717, 1.165) is 12.8 Å². The predicted octanol–water partition coefficient (Wildman–Crippen LogP) is 1.49. The van der Waals surface area contributed by atoms with E-state index in [1.54, 1.807) is 7.05 Å². The van der Waals surface area contributed by atoms with Gasteiger partial charge in [-0.3, -0.25) is 5.32 Å². The van der Waals surface area contributed by atoms with Gasteiger partial charge in [0.05, 0.1) is 0 Å². The monoisotopic (exact) mass is 130 g/mol. The van der Waals surface area contributed by atoms with Crippen LogP contribution in [0.15, 0.2) is 5.18 Å². The van der Waals surface area contributed by atoms with Gasteiger partial charge in [0.1, 0.15) is 0 Å². The lowest BCUT2D eigenvalue weighted by Crippen LogP contribution is -2.38. The zero-order valence-electron chi connectivity index (χ0n) is 6.27. The quantitative estimate of drug-likeness (QED) is 0.586. The van der Waals surface area contributed by atoms with E-state index in [0.29, 0.717) is 0 Å². The summed E-state index contributed by atoms with van der Waals surface area (Å²) in [5, 5.41) is 5.90. The molecule has 0 fully saturated rings. The maximum absolute atomic E-state index is 10.2. The zero-order chi connectivity index (χ0) is 7.33. The summed E-state index contributed by atoms with van der Waals surface area (Å²) < 4.78 is 0. The largest absolute Gasteiger partial charge is 0.293 e. The number of nitrogens with one attached hydrogen (secondary N) is 1. The number of nitrogens with zero attached hydrogens (tertiary/aromatic N) is 1. The summed E-state index contributed by atoms with van der Waals surface area (Å²) in [4.78, 5) is 10.2. The van der Waals surface area contributed by atoms with Gasteiger partial charge in [0.15, 0.2) is 5.66 Å². The van der Waals surface area contributed by atoms with E-state index in [-0.39, 0.29) is 0 Å². The van der Waals surface area contributed by atoms with Gasteiger partial charge in [-0.15, -0.1) is 4.91 Å². The van der Waals surface area contributed by atoms with E-state index >= 15 is 0 Å². The lowest BCUT2D eigenvalue weighted by Gasteiger charge is -2.21. The van der Waals surface area contributed by atoms with E-state index in [2.05, 4.69) is 10.5 Å². The molecule has 0 aliphatic rings. The van der Waals surface area contributed by atoms with Crippen LogP contribution in [0.3, 0.4) is 0 Å². The molecule has 3 heteroatoms. The fourth-order valence-corrected chi connectivity index (χ4v) is 0.778. The van der Waals surface area contributed by atoms with Crippen molar-refractivity contribution in [3.8, 4) is 0 Å². The van der Waals surface area contributed by atoms with Crippen LogP contribution in [0.25, 0.3) is 0 Å². The molecule has 0 saturated heterocycles. The average molecular weight is 130 g/mol. The van der Waals surface area contributed by atoms with Gasteiger partial charge in [0.25, 0.3) is 0 Å². The van der Waals surface area contributed by atoms with Crippen molar-refractivity contribution < 1.29 is 0 Å². The lowest BCUT2D eigenvalue weighted by atomic mass is 10.1. The molecule has 0 radical (unpaired) electrons. The molecule has 0 atom stereocenters. The Kier molecular flexibility index (Phi) is 3.39. The standard InChI is InChI=1S/C6H14N2O/c1-4-6(5-2,7-3)8-9/h7H,4-5H2,1-3H3. The van der Waals surface area contributed by atoms with Gasteiger partial charge in [-0.1, -0.05) is 13.8 Å². The molecule has 9 heavy (non-hydrogen) atoms. The number of rotatable bonds is 4. The summed E-state index contributed by atoms with van der Waals surface area (Å²) in [5.74, 6) is 0. The number of hydrogen-bond acceptors (Lipinski definition) is 3. The molecule has 0 unspecified atom stereocenters. The summed E-state index contributed by atoms with van der Waals surface area (Å²) in [5.41, 5.74) is -0.514. The lowest BCUT2D eigenvalue weighted by molar-refractivity contribution is 0.338. The maximum atomic E-state index is 10.2. The van der Waals surface area contributed by atoms with E-state index in [4.69, 9.17) is 0 Å². The highest BCUT2D eigenvalue weighted by atomic mass is 16.3. The molecule has 0 aromatic carbocycles. The first-order chi connectivity index (χ1) is 4.24. The Morgan fingerprint density at radius 1 is 1.44 bits per heavy atom. The van der Waals surface area contributed by atoms with Gasteiger partial charge < -0.3 is 0 Å². The van der Waals surface area contributed by atoms with Gasteiger partial charge in [0.2, 0.25) is 0 Å². The topological polar surface area (TPSA) is 41.5 Å². The fourth-order valence-electron chi connectivity index (χ4n) is 0.778. The van der Waals surface area contributed by atoms with Gasteiger partial charge in [-0.2, -0.15) is 0 Å². The summed E-state index contributed by atoms with van der Waals surface area (Å²) in [6.07, 6.45) is 1.51. The van der Waals surface area contributed by atoms with Crippen LogP contribution >= 0.6 is 0 Å². The van der Waals surface area contributed by atoms with Crippen LogP contribution in [0.2, 0.25) is 0 Å². The van der Waals surface area contributed by atoms with Crippen LogP contribution < -0.4 is 5.32 Å². The third-order valence-corrected chi connectivity index (χ3v) is 1.81. The SMILES string of the molecule is CCC(CC)(N=O)NC. The normalized spacial score (nSPS) is 11.4. The molecule has 0 spiro atoms. The summed E-state index contributed by atoms with van der Waals surface area (Å²) in [6.45, 7) is 3.89. The van der Waals surface area contributed by atoms with Crippen LogP contribution in [0.4, 0.5) is 0 Å². The van der Waals surface area contributed by atoms with Crippen LogP contribution in [0.1, 0.15) is 26.7 Å². The Labute approximate surface area is 55.8 Å². The Balaban J connectivity index is 3.98. The summed E-state index contributed by atoms with van der Waals surface area (Å²) in [6, 6.07) is 0. The van der Waals surface area contributed by atoms with Crippen molar-refractivity contribution >= 4 is 0 Å². The van der Waals surface area contributed by atoms with Crippen molar-refractivity contribution in [3.05, 3.63) is 4.91 Å². The van der Waals surface area contributed by atoms with Gasteiger partial charge in [0, 0.05) is 0 Å². The molecule has 0 amide bonds. The Morgan fingerprint density at radius 3 is 1.89 bits per heavy atom. The van der Waals surface area contributed by atoms with Crippen molar-refractivity contribution in [2.75, 3.05) is 7.05 Å². The van der Waals surface area contributed by atoms with Crippen LogP contribution in [-0.2, 0) is 0 Å². The van der Waals surface area contributed by atoms with Crippen molar-refractivity contribution in [1.29, 1.82) is 0 Å². The summed E-state index contributed by atoms with van der Waals surface area (Å²) >= 11 is 0. The van der Waals surface area contributed by atoms with E-state index < -0.39 is 5.66 Å². The minimum Gasteiger partial charge on any atom is -0.293 e. The van der Waals surface area contributed by atoms with E-state index in [1.165, 1.54) is 0 Å². The van der Waals surface area contributed by atoms with Crippen LogP contribution in [0, 0.1) is 4.91 Å². The average Bonchev–Trinajstić information content (AvgIpc) is 1.95. The van der Waals surface area contributed by atoms with Crippen LogP contribution in [0.5, 0.6) is 0 Å². The van der Waals surface area contributed by atoms with Gasteiger partial charge in [-0.05, 0) is 25.1 Å². The molecule has 0 aromatic heterocycles. The minimum atomic E-state index is -0.514. The zero-order valence-corrected chi connectivity index (χ0v) is 6.27. The first-order valence-electron chi connectivity index (χ1n) is 3.28. The highest BCUT2D eigenvalue weighted by Crippen LogP contribution is 2.14. The molecule has 54 valence electrons. The smallest absolute Gasteiger partial charge is 0.152 e. The highest BCUT2D eigenvalue weighted by Gasteiger charge is 2.23. The molecule has 0 aromatic rings. The van der Waals surface area contributed by atoms with E-state index in [9.17, 15) is 4.91 Å². The first-order valence-corrected chi connectivity index (χ1v) is 3.28. The van der Waals surface area contributed by atoms with Crippen molar-refractivity contribution in [2.24, 2.45) is 5.18 Å². The van der Waals surface area contributed by atoms with Gasteiger partial charge >= 0.3 is 0 Å². The molecule has 0 heterocycles. The molecular weight excluding hydrogens is 116 g/mol. The molecule has 0 aliphatic carbocycles. The molecule has 0 aliphatic heterocycles. The number of nitroso groups, excluding NO2 is 1. The minimum absolute atomic E-state index is 0.514. The first kappa shape index (κ1) is 8.56. The fraction of sp³-hybridized carbons (Fsp3) is 1.00. The Hall–Kier alpha value is -0.440. The Bertz CT molecular complexity index is 80.8. The number of hydrogen-bond donors (Lipinski definition) is 1. The van der Waals surface area contributed by atoms with Crippen LogP contribution in [-0.4, -0.2) is 12.7 Å². The van der Waals surface area contributed by atoms with Crippen molar-refractivity contribution in [2.45, 2.75) is 32.4 Å². The molecule has 0 saturated carbocycles. The molecule has 0 bridgehead atoms. The molecule has 0 rings (SSSR count). The summed E-state index contributed by atoms with van der Waals surface area (Å²) in [7, 11) is 1.76. The van der Waals surface area contributed by atoms with Crippen molar-refractivity contribution in [1.82, 2.24) is 5.32 Å². The molecular formula is C6H14N2O. The third kappa shape index (κ3) is 1.75. The highest BCUT2D eigenvalue weighted by molar-refractivity contribution is 4.79. The molecule has 3 nitrogen and oxygen atoms in total. The van der Waals surface area contributed by atoms with Crippen molar-refractivity contribution in [3.63, 3.8) is 0 Å². The maximum Gasteiger partial charge on any atom is 0.152 e.